The summed E-state index contributed by atoms with van der Waals surface area (Å²) in [6.45, 7) is 4.20. The first kappa shape index (κ1) is 55.9. The summed E-state index contributed by atoms with van der Waals surface area (Å²) in [5.41, 5.74) is 17.9. The molecular formula is C52H52Cl4N10O6. The lowest BCUT2D eigenvalue weighted by atomic mass is 10.1. The van der Waals surface area contributed by atoms with E-state index in [1.807, 2.05) is 97.2 Å². The van der Waals surface area contributed by atoms with Gasteiger partial charge in [-0.2, -0.15) is 0 Å². The SMILES string of the molecule is CNOC.CON(C)C(=O)Cc1ccc2cc(Cl)cnc2c1.Cc1cc(N)nc(C)c1CNC(=O)c1nc(Cc2ccc3ncc(Cl)cc3c2)c2ccccn12.Cl.O=C(O)Cc1ccc2cc(Cl)cnc2c1. The topological polar surface area (TPSA) is 212 Å². The molecule has 0 fully saturated rings. The van der Waals surface area contributed by atoms with Gasteiger partial charge in [-0.1, -0.05) is 71.2 Å². The Bertz CT molecular complexity index is 3330. The number of hydroxylamine groups is 3. The van der Waals surface area contributed by atoms with Gasteiger partial charge in [-0.3, -0.25) is 38.6 Å². The van der Waals surface area contributed by atoms with Gasteiger partial charge in [0.2, 0.25) is 11.7 Å². The van der Waals surface area contributed by atoms with Crippen molar-refractivity contribution < 1.29 is 29.2 Å². The predicted molar refractivity (Wildman–Crippen MR) is 286 cm³/mol. The second kappa shape index (κ2) is 26.4. The van der Waals surface area contributed by atoms with Crippen molar-refractivity contribution in [2.24, 2.45) is 0 Å². The van der Waals surface area contributed by atoms with E-state index in [9.17, 15) is 14.4 Å². The number of nitrogens with zero attached hydrogens (tertiary/aromatic N) is 7. The van der Waals surface area contributed by atoms with Crippen molar-refractivity contribution in [2.45, 2.75) is 39.7 Å². The van der Waals surface area contributed by atoms with Crippen LogP contribution >= 0.6 is 47.2 Å². The summed E-state index contributed by atoms with van der Waals surface area (Å²) >= 11 is 17.8. The zero-order chi connectivity index (χ0) is 51.2. The number of anilines is 1. The monoisotopic (exact) mass is 1050 g/mol. The molecular weight excluding hydrogens is 1000 g/mol. The quantitative estimate of drug-likeness (QED) is 0.0890. The van der Waals surface area contributed by atoms with Crippen LogP contribution in [0.3, 0.4) is 0 Å². The van der Waals surface area contributed by atoms with Crippen molar-refractivity contribution in [2.75, 3.05) is 34.0 Å². The number of aromatic nitrogens is 6. The van der Waals surface area contributed by atoms with E-state index in [4.69, 9.17) is 55.5 Å². The number of carbonyl (C=O) groups excluding carboxylic acids is 2. The highest BCUT2D eigenvalue weighted by atomic mass is 35.5. The molecule has 374 valence electrons. The van der Waals surface area contributed by atoms with Crippen LogP contribution in [0.15, 0.2) is 122 Å². The van der Waals surface area contributed by atoms with Crippen molar-refractivity contribution >= 4 is 109 Å². The largest absolute Gasteiger partial charge is 0.481 e. The molecule has 0 bridgehead atoms. The van der Waals surface area contributed by atoms with E-state index in [1.165, 1.54) is 12.2 Å². The lowest BCUT2D eigenvalue weighted by Gasteiger charge is -2.13. The Hall–Kier alpha value is -7.02. The molecule has 72 heavy (non-hydrogen) atoms. The molecule has 0 saturated carbocycles. The zero-order valence-corrected chi connectivity index (χ0v) is 43.2. The predicted octanol–water partition coefficient (Wildman–Crippen LogP) is 9.81. The van der Waals surface area contributed by atoms with E-state index in [1.54, 1.807) is 58.0 Å². The Labute approximate surface area is 436 Å². The van der Waals surface area contributed by atoms with Crippen molar-refractivity contribution in [3.05, 3.63) is 182 Å². The highest BCUT2D eigenvalue weighted by Gasteiger charge is 2.19. The molecule has 6 aromatic heterocycles. The summed E-state index contributed by atoms with van der Waals surface area (Å²) in [5.74, 6) is -0.387. The molecule has 0 saturated heterocycles. The molecule has 0 aliphatic rings. The second-order valence-electron chi connectivity index (χ2n) is 15.9. The van der Waals surface area contributed by atoms with E-state index in [0.717, 1.165) is 77.4 Å². The normalized spacial score (nSPS) is 10.6. The van der Waals surface area contributed by atoms with Crippen molar-refractivity contribution in [1.29, 1.82) is 0 Å². The lowest BCUT2D eigenvalue weighted by Crippen LogP contribution is -2.26. The number of imidazole rings is 1. The van der Waals surface area contributed by atoms with Gasteiger partial charge in [0.15, 0.2) is 0 Å². The third kappa shape index (κ3) is 15.2. The first-order chi connectivity index (χ1) is 34.0. The Kier molecular flexibility index (Phi) is 20.5. The van der Waals surface area contributed by atoms with E-state index >= 15 is 0 Å². The molecule has 9 rings (SSSR count). The number of carboxylic acid groups (broad SMARTS) is 1. The van der Waals surface area contributed by atoms with Crippen LogP contribution in [0.2, 0.25) is 15.1 Å². The number of nitrogens with one attached hydrogen (secondary N) is 2. The van der Waals surface area contributed by atoms with Gasteiger partial charge in [-0.25, -0.2) is 20.5 Å². The summed E-state index contributed by atoms with van der Waals surface area (Å²) in [5, 5.41) is 17.5. The number of aliphatic carboxylic acids is 1. The number of halogens is 4. The molecule has 9 aromatic rings. The molecule has 16 nitrogen and oxygen atoms in total. The molecule has 20 heteroatoms. The van der Waals surface area contributed by atoms with Gasteiger partial charge < -0.3 is 21.0 Å². The van der Waals surface area contributed by atoms with E-state index in [0.29, 0.717) is 39.7 Å². The van der Waals surface area contributed by atoms with Crippen LogP contribution in [0.25, 0.3) is 38.2 Å². The molecule has 0 atom stereocenters. The molecule has 0 aliphatic carbocycles. The summed E-state index contributed by atoms with van der Waals surface area (Å²) < 4.78 is 1.82. The Morgan fingerprint density at radius 1 is 0.736 bits per heavy atom. The van der Waals surface area contributed by atoms with Gasteiger partial charge in [-0.15, -0.1) is 12.4 Å². The van der Waals surface area contributed by atoms with Crippen molar-refractivity contribution in [3.8, 4) is 0 Å². The minimum atomic E-state index is -0.844. The summed E-state index contributed by atoms with van der Waals surface area (Å²) in [4.78, 5) is 66.2. The van der Waals surface area contributed by atoms with Crippen LogP contribution in [0.1, 0.15) is 49.8 Å². The van der Waals surface area contributed by atoms with Crippen molar-refractivity contribution in [1.82, 2.24) is 45.2 Å². The van der Waals surface area contributed by atoms with Gasteiger partial charge in [0, 0.05) is 73.7 Å². The van der Waals surface area contributed by atoms with Crippen LogP contribution < -0.4 is 16.5 Å². The number of hydrogen-bond acceptors (Lipinski definition) is 12. The Balaban J connectivity index is 0.000000212. The second-order valence-corrected chi connectivity index (χ2v) is 17.2. The molecule has 2 amide bonds. The molecule has 0 radical (unpaired) electrons. The molecule has 0 spiro atoms. The number of amides is 2. The Morgan fingerprint density at radius 2 is 1.31 bits per heavy atom. The maximum absolute atomic E-state index is 13.1. The smallest absolute Gasteiger partial charge is 0.307 e. The number of nitrogens with two attached hydrogens (primary N) is 1. The average molecular weight is 1050 g/mol. The molecule has 0 aliphatic heterocycles. The number of carbonyl (C=O) groups is 3. The number of hydrogen-bond donors (Lipinski definition) is 4. The fourth-order valence-electron chi connectivity index (χ4n) is 7.32. The van der Waals surface area contributed by atoms with Gasteiger partial charge in [0.25, 0.3) is 5.91 Å². The zero-order valence-electron chi connectivity index (χ0n) is 40.1. The number of aryl methyl sites for hydroxylation is 2. The third-order valence-electron chi connectivity index (χ3n) is 10.9. The van der Waals surface area contributed by atoms with E-state index < -0.39 is 5.97 Å². The number of rotatable bonds is 11. The fraction of sp³-hybridized carbons (Fsp3) is 0.192. The maximum atomic E-state index is 13.1. The first-order valence-corrected chi connectivity index (χ1v) is 23.0. The summed E-state index contributed by atoms with van der Waals surface area (Å²) in [6.07, 6.45) is 7.51. The minimum Gasteiger partial charge on any atom is -0.481 e. The molecule has 5 N–H and O–H groups in total. The van der Waals surface area contributed by atoms with Crippen LogP contribution in [0.5, 0.6) is 0 Å². The van der Waals surface area contributed by atoms with Crippen molar-refractivity contribution in [3.63, 3.8) is 0 Å². The van der Waals surface area contributed by atoms with Gasteiger partial charge >= 0.3 is 5.97 Å². The van der Waals surface area contributed by atoms with Gasteiger partial charge in [-0.05, 0) is 102 Å². The van der Waals surface area contributed by atoms with E-state index in [-0.39, 0.29) is 37.1 Å². The molecule has 3 aromatic carbocycles. The summed E-state index contributed by atoms with van der Waals surface area (Å²) in [7, 11) is 6.32. The van der Waals surface area contributed by atoms with E-state index in [2.05, 4.69) is 41.6 Å². The van der Waals surface area contributed by atoms with Crippen LogP contribution in [-0.2, 0) is 45.1 Å². The number of nitrogen functional groups attached to an aromatic ring is 1. The number of fused-ring (bicyclic) bond motifs is 4. The highest BCUT2D eigenvalue weighted by molar-refractivity contribution is 6.31. The van der Waals surface area contributed by atoms with Crippen LogP contribution in [0.4, 0.5) is 5.82 Å². The number of benzene rings is 3. The standard InChI is InChI=1S/C26H23ClN6O.C13H13ClN2O2.C11H8ClNO2.C2H7NO.ClH/c1-15-9-24(28)31-16(2)20(15)14-30-26(34)25-32-22(23-5-3-4-8-33(23)25)11-17-6-7-21-18(10-17)12-19(27)13-29-21;1-16(18-2)13(17)6-9-3-4-10-7-11(14)8-15-12(10)5-9;12-9-5-8-2-1-7(4-11(14)15)3-10(8)13-6-9;1-3-4-2;/h3-10,12-13H,11,14H2,1-2H3,(H2,28,31)(H,30,34);3-5,7-8H,6H2,1-2H3;1-3,5-6H,4H2,(H,14,15);3H,1-2H3;1H. The minimum absolute atomic E-state index is 0. The molecule has 6 heterocycles. The van der Waals surface area contributed by atoms with Crippen LogP contribution in [-0.4, -0.2) is 85.6 Å². The number of pyridine rings is 5. The average Bonchev–Trinajstić information content (AvgIpc) is 3.71. The number of carboxylic acids is 1. The Morgan fingerprint density at radius 3 is 1.88 bits per heavy atom. The summed E-state index contributed by atoms with van der Waals surface area (Å²) in [6, 6.07) is 30.2. The van der Waals surface area contributed by atoms with Gasteiger partial charge in [0.05, 0.1) is 69.9 Å². The maximum Gasteiger partial charge on any atom is 0.307 e. The number of likely N-dealkylation sites (N-methyl/N-ethyl adjacent to an activating group) is 1. The fourth-order valence-corrected chi connectivity index (χ4v) is 7.81. The molecule has 0 unspecified atom stereocenters. The van der Waals surface area contributed by atoms with Gasteiger partial charge in [0.1, 0.15) is 5.82 Å². The first-order valence-electron chi connectivity index (χ1n) is 21.9. The van der Waals surface area contributed by atoms with Crippen LogP contribution in [0, 0.1) is 13.8 Å². The highest BCUT2D eigenvalue weighted by Crippen LogP contribution is 2.24. The lowest BCUT2D eigenvalue weighted by molar-refractivity contribution is -0.167. The third-order valence-corrected chi connectivity index (χ3v) is 11.5.